The Morgan fingerprint density at radius 2 is 2.09 bits per heavy atom. The van der Waals surface area contributed by atoms with Crippen LogP contribution in [0.2, 0.25) is 0 Å². The molecule has 0 aromatic carbocycles. The lowest BCUT2D eigenvalue weighted by Crippen LogP contribution is -2.32. The molecular formula is C24H24FN7S. The maximum absolute atomic E-state index is 14.4. The van der Waals surface area contributed by atoms with E-state index in [2.05, 4.69) is 40.0 Å². The molecule has 9 heteroatoms. The fourth-order valence-electron chi connectivity index (χ4n) is 4.59. The van der Waals surface area contributed by atoms with E-state index in [1.54, 1.807) is 16.8 Å². The maximum Gasteiger partial charge on any atom is 0.155 e. The number of pyridine rings is 2. The van der Waals surface area contributed by atoms with Crippen LogP contribution in [-0.4, -0.2) is 37.5 Å². The highest BCUT2D eigenvalue weighted by atomic mass is 32.2. The molecule has 0 unspecified atom stereocenters. The molecule has 0 aliphatic carbocycles. The Labute approximate surface area is 195 Å². The van der Waals surface area contributed by atoms with E-state index >= 15 is 0 Å². The summed E-state index contributed by atoms with van der Waals surface area (Å²) >= 11 is 1.20. The van der Waals surface area contributed by atoms with Gasteiger partial charge in [-0.15, -0.1) is 0 Å². The number of piperidine rings is 1. The van der Waals surface area contributed by atoms with Gasteiger partial charge in [-0.25, -0.2) is 13.9 Å². The molecule has 33 heavy (non-hydrogen) atoms. The monoisotopic (exact) mass is 461 g/mol. The third kappa shape index (κ3) is 4.01. The minimum Gasteiger partial charge on any atom is -0.317 e. The Morgan fingerprint density at radius 3 is 2.85 bits per heavy atom. The van der Waals surface area contributed by atoms with Gasteiger partial charge >= 0.3 is 0 Å². The third-order valence-electron chi connectivity index (χ3n) is 6.44. The van der Waals surface area contributed by atoms with Gasteiger partial charge in [0.2, 0.25) is 0 Å². The van der Waals surface area contributed by atoms with E-state index in [0.29, 0.717) is 23.0 Å². The highest BCUT2D eigenvalue weighted by Crippen LogP contribution is 2.37. The van der Waals surface area contributed by atoms with Crippen molar-refractivity contribution in [3.8, 4) is 17.2 Å². The Bertz CT molecular complexity index is 1350. The van der Waals surface area contributed by atoms with Gasteiger partial charge in [0.1, 0.15) is 11.1 Å². The normalized spacial score (nSPS) is 15.6. The molecule has 168 valence electrons. The molecule has 0 amide bonds. The minimum atomic E-state index is -0.399. The Kier molecular flexibility index (Phi) is 5.87. The van der Waals surface area contributed by atoms with Gasteiger partial charge in [0.25, 0.3) is 0 Å². The molecule has 1 aliphatic rings. The maximum atomic E-state index is 14.4. The lowest BCUT2D eigenvalue weighted by Gasteiger charge is -2.29. The highest BCUT2D eigenvalue weighted by molar-refractivity contribution is 7.99. The molecule has 0 radical (unpaired) electrons. The quantitative estimate of drug-likeness (QED) is 0.467. The lowest BCUT2D eigenvalue weighted by atomic mass is 9.91. The first-order valence-electron chi connectivity index (χ1n) is 11.0. The van der Waals surface area contributed by atoms with Crippen LogP contribution in [0, 0.1) is 30.0 Å². The zero-order valence-electron chi connectivity index (χ0n) is 18.5. The van der Waals surface area contributed by atoms with E-state index in [0.717, 1.165) is 47.6 Å². The van der Waals surface area contributed by atoms with Gasteiger partial charge in [-0.3, -0.25) is 4.68 Å². The highest BCUT2D eigenvalue weighted by Gasteiger charge is 2.24. The van der Waals surface area contributed by atoms with Gasteiger partial charge in [0, 0.05) is 34.1 Å². The Hall–Kier alpha value is -3.22. The summed E-state index contributed by atoms with van der Waals surface area (Å²) in [6.45, 7) is 6.41. The molecule has 1 aliphatic heterocycles. The van der Waals surface area contributed by atoms with E-state index in [1.807, 2.05) is 18.5 Å². The van der Waals surface area contributed by atoms with Crippen LogP contribution in [0.5, 0.6) is 0 Å². The predicted molar refractivity (Wildman–Crippen MR) is 124 cm³/mol. The fourth-order valence-corrected chi connectivity index (χ4v) is 5.56. The van der Waals surface area contributed by atoms with Crippen LogP contribution in [-0.2, 0) is 0 Å². The molecule has 0 bridgehead atoms. The van der Waals surface area contributed by atoms with Crippen molar-refractivity contribution in [1.29, 1.82) is 5.26 Å². The number of hydrogen-bond acceptors (Lipinski definition) is 6. The van der Waals surface area contributed by atoms with Gasteiger partial charge in [0.05, 0.1) is 29.5 Å². The lowest BCUT2D eigenvalue weighted by molar-refractivity contribution is 0.258. The molecule has 1 saturated heterocycles. The van der Waals surface area contributed by atoms with Crippen LogP contribution in [0.1, 0.15) is 37.1 Å². The molecular weight excluding hydrogens is 437 g/mol. The number of halogens is 1. The van der Waals surface area contributed by atoms with Gasteiger partial charge in [0.15, 0.2) is 5.82 Å². The molecule has 4 aromatic heterocycles. The van der Waals surface area contributed by atoms with E-state index < -0.39 is 5.82 Å². The summed E-state index contributed by atoms with van der Waals surface area (Å²) in [5.41, 5.74) is 4.06. The van der Waals surface area contributed by atoms with Crippen LogP contribution < -0.4 is 5.32 Å². The smallest absolute Gasteiger partial charge is 0.155 e. The summed E-state index contributed by atoms with van der Waals surface area (Å²) in [7, 11) is 0. The van der Waals surface area contributed by atoms with Gasteiger partial charge < -0.3 is 5.32 Å². The topological polar surface area (TPSA) is 83.8 Å². The Morgan fingerprint density at radius 1 is 1.27 bits per heavy atom. The molecule has 0 saturated carbocycles. The van der Waals surface area contributed by atoms with E-state index in [4.69, 9.17) is 5.10 Å². The number of rotatable bonds is 5. The molecule has 5 heterocycles. The van der Waals surface area contributed by atoms with E-state index in [1.165, 1.54) is 24.0 Å². The van der Waals surface area contributed by atoms with Crippen molar-refractivity contribution in [2.24, 2.45) is 5.92 Å². The van der Waals surface area contributed by atoms with E-state index in [-0.39, 0.29) is 5.03 Å². The van der Waals surface area contributed by atoms with Crippen molar-refractivity contribution >= 4 is 17.3 Å². The first kappa shape index (κ1) is 21.6. The summed E-state index contributed by atoms with van der Waals surface area (Å²) in [4.78, 5) is 4.89. The summed E-state index contributed by atoms with van der Waals surface area (Å²) < 4.78 is 18.2. The van der Waals surface area contributed by atoms with Crippen molar-refractivity contribution < 1.29 is 4.39 Å². The number of nitriles is 1. The number of fused-ring (bicyclic) bond motifs is 1. The number of nitrogens with zero attached hydrogens (tertiary/aromatic N) is 6. The average molecular weight is 462 g/mol. The molecule has 5 rings (SSSR count). The van der Waals surface area contributed by atoms with Crippen molar-refractivity contribution in [2.45, 2.75) is 42.7 Å². The van der Waals surface area contributed by atoms with Crippen LogP contribution >= 0.6 is 11.8 Å². The molecule has 7 nitrogen and oxygen atoms in total. The molecule has 1 N–H and O–H groups in total. The van der Waals surface area contributed by atoms with Crippen molar-refractivity contribution in [2.75, 3.05) is 13.1 Å². The standard InChI is InChI=1S/C24H24FN7S/c1-15(17-5-8-27-9-6-17)32-16(2)20(13-30-32)18-10-22(33-24-21(25)4-3-7-28-24)23-19(11-26)12-29-31(23)14-18/h3-4,7,10,12-15,17,27H,5-6,8-9H2,1-2H3/t15-/m0/s1. The largest absolute Gasteiger partial charge is 0.317 e. The summed E-state index contributed by atoms with van der Waals surface area (Å²) in [5, 5.41) is 22.4. The van der Waals surface area contributed by atoms with Crippen LogP contribution in [0.3, 0.4) is 0 Å². The second-order valence-corrected chi connectivity index (χ2v) is 9.40. The average Bonchev–Trinajstić information content (AvgIpc) is 3.44. The summed E-state index contributed by atoms with van der Waals surface area (Å²) in [6, 6.07) is 7.40. The van der Waals surface area contributed by atoms with Gasteiger partial charge in [-0.05, 0) is 63.9 Å². The SMILES string of the molecule is Cc1c(-c2cc(Sc3ncccc3F)c3c(C#N)cnn3c2)cnn1[C@@H](C)C1CCNCC1. The first-order valence-corrected chi connectivity index (χ1v) is 11.8. The zero-order chi connectivity index (χ0) is 22.9. The minimum absolute atomic E-state index is 0.258. The fraction of sp³-hybridized carbons (Fsp3) is 0.333. The molecule has 1 atom stereocenters. The van der Waals surface area contributed by atoms with Crippen molar-refractivity contribution in [3.05, 3.63) is 60.1 Å². The van der Waals surface area contributed by atoms with Crippen LogP contribution in [0.4, 0.5) is 4.39 Å². The Balaban J connectivity index is 1.57. The molecule has 0 spiro atoms. The number of nitrogens with one attached hydrogen (secondary N) is 1. The van der Waals surface area contributed by atoms with Crippen LogP contribution in [0.25, 0.3) is 16.6 Å². The van der Waals surface area contributed by atoms with Gasteiger partial charge in [-0.1, -0.05) is 11.8 Å². The summed E-state index contributed by atoms with van der Waals surface area (Å²) in [6.07, 6.45) is 9.17. The van der Waals surface area contributed by atoms with Gasteiger partial charge in [-0.2, -0.15) is 15.5 Å². The number of aromatic nitrogens is 5. The van der Waals surface area contributed by atoms with Crippen molar-refractivity contribution in [1.82, 2.24) is 29.7 Å². The third-order valence-corrected chi connectivity index (χ3v) is 7.46. The van der Waals surface area contributed by atoms with Crippen LogP contribution in [0.15, 0.2) is 52.9 Å². The first-order chi connectivity index (χ1) is 16.1. The van der Waals surface area contributed by atoms with Crippen molar-refractivity contribution in [3.63, 3.8) is 0 Å². The number of hydrogen-bond donors (Lipinski definition) is 1. The molecule has 1 fully saturated rings. The predicted octanol–water partition coefficient (Wildman–Crippen LogP) is 4.62. The van der Waals surface area contributed by atoms with E-state index in [9.17, 15) is 9.65 Å². The second-order valence-electron chi connectivity index (χ2n) is 8.36. The second kappa shape index (κ2) is 8.96. The molecule has 4 aromatic rings. The zero-order valence-corrected chi connectivity index (χ0v) is 19.3. The summed E-state index contributed by atoms with van der Waals surface area (Å²) in [5.74, 6) is 0.187.